The van der Waals surface area contributed by atoms with Crippen LogP contribution in [0.1, 0.15) is 29.8 Å². The number of thiophene rings is 2. The lowest BCUT2D eigenvalue weighted by Crippen LogP contribution is -2.35. The summed E-state index contributed by atoms with van der Waals surface area (Å²) in [5, 5.41) is 19.2. The Bertz CT molecular complexity index is 1150. The lowest BCUT2D eigenvalue weighted by atomic mass is 10.1. The number of hydrogen-bond donors (Lipinski definition) is 3. The Morgan fingerprint density at radius 1 is 1.26 bits per heavy atom. The van der Waals surface area contributed by atoms with Crippen LogP contribution in [0.3, 0.4) is 0 Å². The molecule has 2 amide bonds. The number of aryl methyl sites for hydroxylation is 2. The van der Waals surface area contributed by atoms with Gasteiger partial charge in [-0.3, -0.25) is 9.59 Å². The number of amides is 2. The van der Waals surface area contributed by atoms with Gasteiger partial charge in [0, 0.05) is 28.6 Å². The van der Waals surface area contributed by atoms with Crippen LogP contribution in [0.5, 0.6) is 5.75 Å². The molecule has 8 nitrogen and oxygen atoms in total. The predicted octanol–water partition coefficient (Wildman–Crippen LogP) is 4.01. The zero-order valence-corrected chi connectivity index (χ0v) is 18.9. The molecule has 0 spiro atoms. The highest BCUT2D eigenvalue weighted by molar-refractivity contribution is 7.16. The third kappa shape index (κ3) is 5.33. The van der Waals surface area contributed by atoms with Crippen molar-refractivity contribution < 1.29 is 19.4 Å². The fourth-order valence-electron chi connectivity index (χ4n) is 2.95. The topological polar surface area (TPSA) is 110 Å². The third-order valence-electron chi connectivity index (χ3n) is 4.56. The molecule has 0 bridgehead atoms. The number of urea groups is 1. The SMILES string of the molecule is CCOC(=O)C[C@H](NC(=O)Nc1c(O)ccn(C)c1=O)c1ccc(-c2cscc2C)s1. The number of aromatic nitrogens is 1. The molecule has 0 unspecified atom stereocenters. The first-order valence-electron chi connectivity index (χ1n) is 9.54. The molecule has 164 valence electrons. The van der Waals surface area contributed by atoms with Gasteiger partial charge in [0.25, 0.3) is 5.56 Å². The number of anilines is 1. The zero-order chi connectivity index (χ0) is 22.5. The molecule has 0 aliphatic heterocycles. The summed E-state index contributed by atoms with van der Waals surface area (Å²) in [6.07, 6.45) is 1.33. The molecule has 3 aromatic heterocycles. The molecule has 3 aromatic rings. The minimum Gasteiger partial charge on any atom is -0.505 e. The first kappa shape index (κ1) is 22.6. The van der Waals surface area contributed by atoms with Crippen molar-refractivity contribution in [1.82, 2.24) is 9.88 Å². The van der Waals surface area contributed by atoms with Crippen LogP contribution in [0.25, 0.3) is 10.4 Å². The van der Waals surface area contributed by atoms with Gasteiger partial charge in [-0.2, -0.15) is 11.3 Å². The lowest BCUT2D eigenvalue weighted by Gasteiger charge is -2.17. The summed E-state index contributed by atoms with van der Waals surface area (Å²) in [4.78, 5) is 38.7. The van der Waals surface area contributed by atoms with E-state index in [-0.39, 0.29) is 24.5 Å². The number of carbonyl (C=O) groups is 2. The average Bonchev–Trinajstić information content (AvgIpc) is 3.37. The van der Waals surface area contributed by atoms with E-state index < -0.39 is 23.6 Å². The summed E-state index contributed by atoms with van der Waals surface area (Å²) in [5.74, 6) is -0.792. The quantitative estimate of drug-likeness (QED) is 0.461. The first-order chi connectivity index (χ1) is 14.8. The molecule has 3 rings (SSSR count). The van der Waals surface area contributed by atoms with Gasteiger partial charge in [-0.1, -0.05) is 0 Å². The summed E-state index contributed by atoms with van der Waals surface area (Å²) in [7, 11) is 1.51. The Labute approximate surface area is 187 Å². The Hall–Kier alpha value is -3.11. The van der Waals surface area contributed by atoms with E-state index in [1.807, 2.05) is 19.1 Å². The molecule has 1 atom stereocenters. The van der Waals surface area contributed by atoms with Gasteiger partial charge in [-0.15, -0.1) is 11.3 Å². The maximum Gasteiger partial charge on any atom is 0.320 e. The number of carbonyl (C=O) groups excluding carboxylic acids is 2. The number of aromatic hydroxyl groups is 1. The fraction of sp³-hybridized carbons (Fsp3) is 0.286. The second-order valence-corrected chi connectivity index (χ2v) is 8.68. The van der Waals surface area contributed by atoms with E-state index in [0.29, 0.717) is 0 Å². The number of rotatable bonds is 7. The van der Waals surface area contributed by atoms with E-state index >= 15 is 0 Å². The van der Waals surface area contributed by atoms with Crippen molar-refractivity contribution in [1.29, 1.82) is 0 Å². The number of nitrogens with one attached hydrogen (secondary N) is 2. The van der Waals surface area contributed by atoms with Crippen LogP contribution in [0.4, 0.5) is 10.5 Å². The predicted molar refractivity (Wildman–Crippen MR) is 122 cm³/mol. The molecule has 3 N–H and O–H groups in total. The van der Waals surface area contributed by atoms with Crippen molar-refractivity contribution in [2.24, 2.45) is 7.05 Å². The van der Waals surface area contributed by atoms with Crippen molar-refractivity contribution in [3.8, 4) is 16.2 Å². The van der Waals surface area contributed by atoms with Gasteiger partial charge in [0.05, 0.1) is 19.1 Å². The number of pyridine rings is 1. The van der Waals surface area contributed by atoms with Gasteiger partial charge in [0.1, 0.15) is 5.75 Å². The summed E-state index contributed by atoms with van der Waals surface area (Å²) in [6, 6.07) is 3.74. The average molecular weight is 462 g/mol. The molecule has 0 aliphatic rings. The second-order valence-electron chi connectivity index (χ2n) is 6.82. The van der Waals surface area contributed by atoms with E-state index in [1.54, 1.807) is 18.3 Å². The third-order valence-corrected chi connectivity index (χ3v) is 6.65. The number of hydrogen-bond acceptors (Lipinski definition) is 7. The van der Waals surface area contributed by atoms with Crippen LogP contribution in [0.2, 0.25) is 0 Å². The highest BCUT2D eigenvalue weighted by atomic mass is 32.1. The van der Waals surface area contributed by atoms with Crippen LogP contribution in [-0.2, 0) is 16.6 Å². The van der Waals surface area contributed by atoms with Crippen molar-refractivity contribution in [2.75, 3.05) is 11.9 Å². The van der Waals surface area contributed by atoms with Gasteiger partial charge < -0.3 is 25.0 Å². The molecule has 3 heterocycles. The van der Waals surface area contributed by atoms with E-state index in [9.17, 15) is 19.5 Å². The number of ether oxygens (including phenoxy) is 1. The van der Waals surface area contributed by atoms with Crippen molar-refractivity contribution in [3.05, 3.63) is 56.0 Å². The number of nitrogens with zero attached hydrogens (tertiary/aromatic N) is 1. The Balaban J connectivity index is 1.83. The Morgan fingerprint density at radius 3 is 2.71 bits per heavy atom. The van der Waals surface area contributed by atoms with E-state index in [0.717, 1.165) is 20.9 Å². The molecule has 0 radical (unpaired) electrons. The second kappa shape index (κ2) is 9.80. The summed E-state index contributed by atoms with van der Waals surface area (Å²) < 4.78 is 6.28. The molecule has 10 heteroatoms. The monoisotopic (exact) mass is 461 g/mol. The van der Waals surface area contributed by atoms with Crippen molar-refractivity contribution in [2.45, 2.75) is 26.3 Å². The van der Waals surface area contributed by atoms with Gasteiger partial charge in [-0.05, 0) is 48.4 Å². The normalized spacial score (nSPS) is 11.7. The molecule has 0 saturated heterocycles. The molecule has 0 saturated carbocycles. The van der Waals surface area contributed by atoms with Crippen LogP contribution in [0, 0.1) is 6.92 Å². The molecule has 0 aliphatic carbocycles. The van der Waals surface area contributed by atoms with E-state index in [2.05, 4.69) is 21.4 Å². The highest BCUT2D eigenvalue weighted by Crippen LogP contribution is 2.36. The molecular formula is C21H23N3O5S2. The minimum absolute atomic E-state index is 0.0669. The molecule has 0 aromatic carbocycles. The fourth-order valence-corrected chi connectivity index (χ4v) is 5.02. The number of esters is 1. The Kier molecular flexibility index (Phi) is 7.13. The van der Waals surface area contributed by atoms with Gasteiger partial charge in [0.2, 0.25) is 0 Å². The molecule has 31 heavy (non-hydrogen) atoms. The van der Waals surface area contributed by atoms with Crippen LogP contribution in [0.15, 0.2) is 40.0 Å². The van der Waals surface area contributed by atoms with Gasteiger partial charge in [-0.25, -0.2) is 4.79 Å². The maximum absolute atomic E-state index is 12.6. The van der Waals surface area contributed by atoms with E-state index in [1.165, 1.54) is 35.2 Å². The standard InChI is InChI=1S/C21H23N3O5S2/c1-4-29-18(26)9-14(17-6-5-16(31-17)13-11-30-10-12(13)2)22-21(28)23-19-15(25)7-8-24(3)20(19)27/h5-8,10-11,14,25H,4,9H2,1-3H3,(H2,22,23,28)/t14-/m0/s1. The lowest BCUT2D eigenvalue weighted by molar-refractivity contribution is -0.143. The highest BCUT2D eigenvalue weighted by Gasteiger charge is 2.23. The summed E-state index contributed by atoms with van der Waals surface area (Å²) in [5.41, 5.74) is 1.47. The van der Waals surface area contributed by atoms with Crippen LogP contribution >= 0.6 is 22.7 Å². The largest absolute Gasteiger partial charge is 0.505 e. The van der Waals surface area contributed by atoms with E-state index in [4.69, 9.17) is 4.74 Å². The summed E-state index contributed by atoms with van der Waals surface area (Å²) >= 11 is 3.08. The maximum atomic E-state index is 12.6. The first-order valence-corrected chi connectivity index (χ1v) is 11.3. The smallest absolute Gasteiger partial charge is 0.320 e. The minimum atomic E-state index is -0.713. The van der Waals surface area contributed by atoms with Crippen LogP contribution in [-0.4, -0.2) is 28.3 Å². The van der Waals surface area contributed by atoms with Gasteiger partial charge >= 0.3 is 12.0 Å². The Morgan fingerprint density at radius 2 is 2.03 bits per heavy atom. The van der Waals surface area contributed by atoms with Crippen molar-refractivity contribution in [3.63, 3.8) is 0 Å². The molecule has 0 fully saturated rings. The van der Waals surface area contributed by atoms with Crippen molar-refractivity contribution >= 4 is 40.4 Å². The van der Waals surface area contributed by atoms with Crippen LogP contribution < -0.4 is 16.2 Å². The molecular weight excluding hydrogens is 438 g/mol. The van der Waals surface area contributed by atoms with Gasteiger partial charge in [0.15, 0.2) is 5.69 Å². The summed E-state index contributed by atoms with van der Waals surface area (Å²) in [6.45, 7) is 3.97. The zero-order valence-electron chi connectivity index (χ0n) is 17.3.